The molecule has 6 heteroatoms. The van der Waals surface area contributed by atoms with Crippen molar-refractivity contribution in [1.29, 1.82) is 0 Å². The van der Waals surface area contributed by atoms with Gasteiger partial charge in [0.15, 0.2) is 0 Å². The zero-order chi connectivity index (χ0) is 13.8. The summed E-state index contributed by atoms with van der Waals surface area (Å²) in [7, 11) is 0. The number of nitrogens with zero attached hydrogens (tertiary/aromatic N) is 2. The first kappa shape index (κ1) is 13.3. The van der Waals surface area contributed by atoms with Gasteiger partial charge < -0.3 is 10.0 Å². The molecule has 102 valence electrons. The standard InChI is InChI=1S/C13H16N2O4/c16-13(17)14-8-4-3-6-11(14)9-10-5-1-2-7-12(10)15(18)19/h1-2,5,7,11H,3-4,6,8-9H2,(H,16,17). The summed E-state index contributed by atoms with van der Waals surface area (Å²) in [6.45, 7) is 0.515. The summed E-state index contributed by atoms with van der Waals surface area (Å²) in [6, 6.07) is 6.37. The van der Waals surface area contributed by atoms with Crippen molar-refractivity contribution in [2.45, 2.75) is 31.7 Å². The fraction of sp³-hybridized carbons (Fsp3) is 0.462. The van der Waals surface area contributed by atoms with Gasteiger partial charge in [0.05, 0.1) is 4.92 Å². The van der Waals surface area contributed by atoms with Crippen LogP contribution < -0.4 is 0 Å². The molecule has 1 saturated heterocycles. The summed E-state index contributed by atoms with van der Waals surface area (Å²) >= 11 is 0. The lowest BCUT2D eigenvalue weighted by Gasteiger charge is -2.33. The minimum absolute atomic E-state index is 0.0680. The van der Waals surface area contributed by atoms with Crippen LogP contribution in [0.2, 0.25) is 0 Å². The molecule has 6 nitrogen and oxygen atoms in total. The van der Waals surface area contributed by atoms with Gasteiger partial charge in [0.2, 0.25) is 0 Å². The van der Waals surface area contributed by atoms with Gasteiger partial charge in [-0.25, -0.2) is 4.79 Å². The van der Waals surface area contributed by atoms with Crippen molar-refractivity contribution in [3.63, 3.8) is 0 Å². The predicted molar refractivity (Wildman–Crippen MR) is 69.2 cm³/mol. The third-order valence-corrected chi connectivity index (χ3v) is 3.52. The molecule has 1 aromatic carbocycles. The highest BCUT2D eigenvalue weighted by Crippen LogP contribution is 2.25. The molecule has 19 heavy (non-hydrogen) atoms. The third-order valence-electron chi connectivity index (χ3n) is 3.52. The number of hydrogen-bond donors (Lipinski definition) is 1. The van der Waals surface area contributed by atoms with E-state index >= 15 is 0 Å². The molecule has 1 N–H and O–H groups in total. The Hall–Kier alpha value is -2.11. The molecule has 1 unspecified atom stereocenters. The van der Waals surface area contributed by atoms with Gasteiger partial charge in [0.25, 0.3) is 5.69 Å². The Labute approximate surface area is 110 Å². The minimum Gasteiger partial charge on any atom is -0.465 e. The maximum atomic E-state index is 11.2. The fourth-order valence-corrected chi connectivity index (χ4v) is 2.58. The molecule has 0 bridgehead atoms. The first-order chi connectivity index (χ1) is 9.09. The number of carbonyl (C=O) groups is 1. The maximum Gasteiger partial charge on any atom is 0.407 e. The highest BCUT2D eigenvalue weighted by Gasteiger charge is 2.28. The Kier molecular flexibility index (Phi) is 3.99. The Morgan fingerprint density at radius 1 is 1.42 bits per heavy atom. The van der Waals surface area contributed by atoms with Crippen LogP contribution in [0, 0.1) is 10.1 Å². The van der Waals surface area contributed by atoms with Gasteiger partial charge >= 0.3 is 6.09 Å². The summed E-state index contributed by atoms with van der Waals surface area (Å²) in [4.78, 5) is 23.1. The van der Waals surface area contributed by atoms with Crippen LogP contribution in [0.1, 0.15) is 24.8 Å². The lowest BCUT2D eigenvalue weighted by Crippen LogP contribution is -2.44. The van der Waals surface area contributed by atoms with Gasteiger partial charge in [-0.15, -0.1) is 0 Å². The summed E-state index contributed by atoms with van der Waals surface area (Å²) < 4.78 is 0. The summed E-state index contributed by atoms with van der Waals surface area (Å²) in [5.74, 6) is 0. The van der Waals surface area contributed by atoms with Gasteiger partial charge in [0, 0.05) is 24.2 Å². The van der Waals surface area contributed by atoms with E-state index in [0.29, 0.717) is 18.5 Å². The largest absolute Gasteiger partial charge is 0.465 e. The number of piperidine rings is 1. The summed E-state index contributed by atoms with van der Waals surface area (Å²) in [5.41, 5.74) is 0.670. The molecular weight excluding hydrogens is 248 g/mol. The van der Waals surface area contributed by atoms with Crippen LogP contribution >= 0.6 is 0 Å². The molecule has 1 aliphatic rings. The van der Waals surface area contributed by atoms with Crippen LogP contribution in [-0.2, 0) is 6.42 Å². The highest BCUT2D eigenvalue weighted by molar-refractivity contribution is 5.65. The quantitative estimate of drug-likeness (QED) is 0.672. The lowest BCUT2D eigenvalue weighted by molar-refractivity contribution is -0.385. The molecule has 1 aromatic rings. The topological polar surface area (TPSA) is 83.7 Å². The highest BCUT2D eigenvalue weighted by atomic mass is 16.6. The second-order valence-electron chi connectivity index (χ2n) is 4.72. The lowest BCUT2D eigenvalue weighted by atomic mass is 9.95. The Morgan fingerprint density at radius 3 is 2.84 bits per heavy atom. The molecule has 0 aliphatic carbocycles. The van der Waals surface area contributed by atoms with Crippen LogP contribution in [0.3, 0.4) is 0 Å². The first-order valence-corrected chi connectivity index (χ1v) is 6.31. The summed E-state index contributed by atoms with van der Waals surface area (Å²) in [6.07, 6.45) is 2.06. The van der Waals surface area contributed by atoms with E-state index < -0.39 is 11.0 Å². The number of carboxylic acid groups (broad SMARTS) is 1. The maximum absolute atomic E-state index is 11.2. The minimum atomic E-state index is -0.941. The second kappa shape index (κ2) is 5.69. The average molecular weight is 264 g/mol. The van der Waals surface area contributed by atoms with E-state index in [2.05, 4.69) is 0 Å². The van der Waals surface area contributed by atoms with Crippen molar-refractivity contribution in [2.24, 2.45) is 0 Å². The van der Waals surface area contributed by atoms with Crippen molar-refractivity contribution in [2.75, 3.05) is 6.54 Å². The zero-order valence-corrected chi connectivity index (χ0v) is 10.5. The number of nitro groups is 1. The van der Waals surface area contributed by atoms with E-state index in [-0.39, 0.29) is 11.7 Å². The van der Waals surface area contributed by atoms with Gasteiger partial charge in [-0.1, -0.05) is 18.2 Å². The van der Waals surface area contributed by atoms with Gasteiger partial charge in [-0.3, -0.25) is 10.1 Å². The molecule has 1 aliphatic heterocycles. The van der Waals surface area contributed by atoms with Crippen LogP contribution in [0.5, 0.6) is 0 Å². The molecule has 1 atom stereocenters. The number of hydrogen-bond acceptors (Lipinski definition) is 3. The smallest absolute Gasteiger partial charge is 0.407 e. The van der Waals surface area contributed by atoms with Crippen molar-refractivity contribution < 1.29 is 14.8 Å². The van der Waals surface area contributed by atoms with Crippen molar-refractivity contribution in [1.82, 2.24) is 4.90 Å². The van der Waals surface area contributed by atoms with E-state index in [9.17, 15) is 14.9 Å². The van der Waals surface area contributed by atoms with Crippen LogP contribution in [0.25, 0.3) is 0 Å². The molecular formula is C13H16N2O4. The monoisotopic (exact) mass is 264 g/mol. The molecule has 0 radical (unpaired) electrons. The fourth-order valence-electron chi connectivity index (χ4n) is 2.58. The van der Waals surface area contributed by atoms with Gasteiger partial charge in [-0.05, 0) is 25.7 Å². The van der Waals surface area contributed by atoms with Crippen LogP contribution in [-0.4, -0.2) is 33.6 Å². The van der Waals surface area contributed by atoms with Gasteiger partial charge in [0.1, 0.15) is 0 Å². The Bertz CT molecular complexity index is 489. The molecule has 0 spiro atoms. The first-order valence-electron chi connectivity index (χ1n) is 6.31. The van der Waals surface area contributed by atoms with E-state index in [1.807, 2.05) is 0 Å². The van der Waals surface area contributed by atoms with Crippen LogP contribution in [0.4, 0.5) is 10.5 Å². The Morgan fingerprint density at radius 2 is 2.16 bits per heavy atom. The number of likely N-dealkylation sites (tertiary alicyclic amines) is 1. The average Bonchev–Trinajstić information content (AvgIpc) is 2.39. The predicted octanol–water partition coefficient (Wildman–Crippen LogP) is 2.67. The molecule has 0 aromatic heterocycles. The number of nitro benzene ring substituents is 1. The second-order valence-corrected chi connectivity index (χ2v) is 4.72. The molecule has 1 fully saturated rings. The van der Waals surface area contributed by atoms with E-state index in [1.165, 1.54) is 11.0 Å². The summed E-state index contributed by atoms with van der Waals surface area (Å²) in [5, 5.41) is 20.1. The van der Waals surface area contributed by atoms with E-state index in [1.54, 1.807) is 18.2 Å². The number of rotatable bonds is 3. The Balaban J connectivity index is 2.19. The molecule has 1 heterocycles. The zero-order valence-electron chi connectivity index (χ0n) is 10.5. The van der Waals surface area contributed by atoms with Crippen LogP contribution in [0.15, 0.2) is 24.3 Å². The normalized spacial score (nSPS) is 19.2. The van der Waals surface area contributed by atoms with Crippen molar-refractivity contribution >= 4 is 11.8 Å². The van der Waals surface area contributed by atoms with E-state index in [0.717, 1.165) is 19.3 Å². The van der Waals surface area contributed by atoms with Gasteiger partial charge in [-0.2, -0.15) is 0 Å². The number of benzene rings is 1. The van der Waals surface area contributed by atoms with Crippen molar-refractivity contribution in [3.8, 4) is 0 Å². The third kappa shape index (κ3) is 3.01. The van der Waals surface area contributed by atoms with E-state index in [4.69, 9.17) is 5.11 Å². The SMILES string of the molecule is O=C(O)N1CCCCC1Cc1ccccc1[N+](=O)[O-]. The molecule has 1 amide bonds. The molecule has 0 saturated carbocycles. The number of para-hydroxylation sites is 1. The number of amides is 1. The molecule has 2 rings (SSSR count). The van der Waals surface area contributed by atoms with Crippen molar-refractivity contribution in [3.05, 3.63) is 39.9 Å².